The molecule has 2 aliphatic rings. The van der Waals surface area contributed by atoms with E-state index in [0.29, 0.717) is 17.7 Å². The summed E-state index contributed by atoms with van der Waals surface area (Å²) in [6, 6.07) is -0.225. The maximum Gasteiger partial charge on any atom is 0.186 e. The summed E-state index contributed by atoms with van der Waals surface area (Å²) in [6.45, 7) is 2.21. The van der Waals surface area contributed by atoms with Gasteiger partial charge in [0.05, 0.1) is 11.7 Å². The first-order valence-corrected chi connectivity index (χ1v) is 8.01. The van der Waals surface area contributed by atoms with Crippen molar-refractivity contribution in [2.75, 3.05) is 0 Å². The fraction of sp³-hybridized carbons (Fsp3) is 0.500. The Morgan fingerprint density at radius 2 is 2.14 bits per heavy atom. The van der Waals surface area contributed by atoms with Gasteiger partial charge in [0, 0.05) is 11.6 Å². The van der Waals surface area contributed by atoms with Crippen molar-refractivity contribution < 1.29 is 10.0 Å². The second kappa shape index (κ2) is 7.99. The number of carbonyl (C=O) groups excluding carboxylic acids is 1. The Morgan fingerprint density at radius 1 is 1.33 bits per heavy atom. The van der Waals surface area contributed by atoms with E-state index in [1.807, 2.05) is 18.2 Å². The highest BCUT2D eigenvalue weighted by Gasteiger charge is 2.31. The molecule has 3 heteroatoms. The number of carbonyl (C=O) groups is 1. The average Bonchev–Trinajstić information content (AvgIpc) is 2.51. The highest BCUT2D eigenvalue weighted by atomic mass is 16.5. The third kappa shape index (κ3) is 4.18. The Morgan fingerprint density at radius 3 is 2.95 bits per heavy atom. The average molecular weight is 287 g/mol. The number of unbranched alkanes of at least 4 members (excludes halogenated alkanes) is 5. The summed E-state index contributed by atoms with van der Waals surface area (Å²) < 4.78 is 0. The Hall–Kier alpha value is -1.61. The molecule has 3 nitrogen and oxygen atoms in total. The van der Waals surface area contributed by atoms with E-state index in [1.165, 1.54) is 43.2 Å². The van der Waals surface area contributed by atoms with Crippen LogP contribution in [0.5, 0.6) is 0 Å². The van der Waals surface area contributed by atoms with Crippen LogP contribution in [0.4, 0.5) is 0 Å². The van der Waals surface area contributed by atoms with Crippen LogP contribution in [0, 0.1) is 0 Å². The molecular formula is C18H25NO2. The molecule has 1 N–H and O–H groups in total. The fourth-order valence-electron chi connectivity index (χ4n) is 2.75. The Kier molecular flexibility index (Phi) is 6.00. The van der Waals surface area contributed by atoms with Gasteiger partial charge in [-0.3, -0.25) is 10.0 Å². The zero-order valence-corrected chi connectivity index (χ0v) is 12.8. The van der Waals surface area contributed by atoms with Gasteiger partial charge in [0.2, 0.25) is 0 Å². The second-order valence-electron chi connectivity index (χ2n) is 5.68. The van der Waals surface area contributed by atoms with E-state index in [-0.39, 0.29) is 11.8 Å². The van der Waals surface area contributed by atoms with Gasteiger partial charge in [-0.1, -0.05) is 56.9 Å². The number of fused-ring (bicyclic) bond motifs is 1. The summed E-state index contributed by atoms with van der Waals surface area (Å²) in [5, 5.41) is 11.5. The van der Waals surface area contributed by atoms with Gasteiger partial charge in [-0.05, 0) is 25.3 Å². The summed E-state index contributed by atoms with van der Waals surface area (Å²) in [6.07, 6.45) is 19.0. The highest BCUT2D eigenvalue weighted by Crippen LogP contribution is 2.27. The van der Waals surface area contributed by atoms with E-state index in [4.69, 9.17) is 0 Å². The van der Waals surface area contributed by atoms with E-state index in [2.05, 4.69) is 13.0 Å². The normalized spacial score (nSPS) is 21.5. The third-order valence-electron chi connectivity index (χ3n) is 4.02. The molecule has 0 saturated carbocycles. The predicted molar refractivity (Wildman–Crippen MR) is 84.9 cm³/mol. The number of hydrogen-bond acceptors (Lipinski definition) is 3. The summed E-state index contributed by atoms with van der Waals surface area (Å²) >= 11 is 0. The van der Waals surface area contributed by atoms with Crippen molar-refractivity contribution in [2.45, 2.75) is 57.9 Å². The summed E-state index contributed by atoms with van der Waals surface area (Å²) in [5.74, 6) is 0.0113. The first-order chi connectivity index (χ1) is 10.2. The molecule has 1 atom stereocenters. The van der Waals surface area contributed by atoms with Crippen molar-refractivity contribution in [2.24, 2.45) is 0 Å². The Bertz CT molecular complexity index is 485. The van der Waals surface area contributed by atoms with Crippen molar-refractivity contribution >= 4 is 5.78 Å². The second-order valence-corrected chi connectivity index (χ2v) is 5.68. The number of hydrogen-bond donors (Lipinski definition) is 1. The van der Waals surface area contributed by atoms with Crippen LogP contribution in [0.1, 0.15) is 51.9 Å². The third-order valence-corrected chi connectivity index (χ3v) is 4.02. The molecule has 2 rings (SSSR count). The quantitative estimate of drug-likeness (QED) is 0.709. The SMILES string of the molecule is CCCCCCC/C=C/C1=CC(=O)C2=CC=CCC2N1O. The van der Waals surface area contributed by atoms with Gasteiger partial charge in [-0.25, -0.2) is 5.06 Å². The van der Waals surface area contributed by atoms with Crippen molar-refractivity contribution in [3.63, 3.8) is 0 Å². The maximum absolute atomic E-state index is 12.0. The van der Waals surface area contributed by atoms with Crippen LogP contribution >= 0.6 is 0 Å². The molecule has 114 valence electrons. The minimum atomic E-state index is -0.225. The van der Waals surface area contributed by atoms with Crippen LogP contribution in [-0.4, -0.2) is 22.1 Å². The van der Waals surface area contributed by atoms with Crippen molar-refractivity contribution in [3.8, 4) is 0 Å². The lowest BCUT2D eigenvalue weighted by atomic mass is 9.91. The summed E-state index contributed by atoms with van der Waals surface area (Å²) in [7, 11) is 0. The molecule has 0 spiro atoms. The van der Waals surface area contributed by atoms with Gasteiger partial charge in [0.1, 0.15) is 0 Å². The number of rotatable bonds is 7. The zero-order valence-electron chi connectivity index (χ0n) is 12.8. The Labute approximate surface area is 127 Å². The first-order valence-electron chi connectivity index (χ1n) is 8.01. The Balaban J connectivity index is 1.87. The molecule has 0 aromatic rings. The van der Waals surface area contributed by atoms with E-state index < -0.39 is 0 Å². The molecule has 0 aromatic heterocycles. The molecule has 0 fully saturated rings. The molecule has 1 aliphatic heterocycles. The first kappa shape index (κ1) is 15.8. The topological polar surface area (TPSA) is 40.5 Å². The molecule has 0 amide bonds. The van der Waals surface area contributed by atoms with Crippen LogP contribution in [0.15, 0.2) is 47.7 Å². The van der Waals surface area contributed by atoms with Crippen LogP contribution in [0.2, 0.25) is 0 Å². The molecule has 1 unspecified atom stereocenters. The lowest BCUT2D eigenvalue weighted by Crippen LogP contribution is -2.39. The van der Waals surface area contributed by atoms with Gasteiger partial charge in [-0.15, -0.1) is 0 Å². The zero-order chi connectivity index (χ0) is 15.1. The van der Waals surface area contributed by atoms with Crippen molar-refractivity contribution in [3.05, 3.63) is 47.7 Å². The van der Waals surface area contributed by atoms with Gasteiger partial charge in [0.25, 0.3) is 0 Å². The monoisotopic (exact) mass is 287 g/mol. The molecule has 21 heavy (non-hydrogen) atoms. The van der Waals surface area contributed by atoms with Crippen molar-refractivity contribution in [1.82, 2.24) is 5.06 Å². The van der Waals surface area contributed by atoms with E-state index in [9.17, 15) is 10.0 Å². The number of allylic oxidation sites excluding steroid dienone is 5. The number of nitrogens with zero attached hydrogens (tertiary/aromatic N) is 1. The van der Waals surface area contributed by atoms with Gasteiger partial charge in [0.15, 0.2) is 5.78 Å². The minimum absolute atomic E-state index is 0.0113. The largest absolute Gasteiger partial charge is 0.289 e. The van der Waals surface area contributed by atoms with Crippen LogP contribution in [-0.2, 0) is 4.79 Å². The fourth-order valence-corrected chi connectivity index (χ4v) is 2.75. The van der Waals surface area contributed by atoms with Crippen LogP contribution in [0.25, 0.3) is 0 Å². The van der Waals surface area contributed by atoms with Gasteiger partial charge >= 0.3 is 0 Å². The molecule has 1 aliphatic carbocycles. The minimum Gasteiger partial charge on any atom is -0.289 e. The molecule has 0 saturated heterocycles. The lowest BCUT2D eigenvalue weighted by molar-refractivity contribution is -0.119. The molecule has 1 heterocycles. The number of ketones is 1. The lowest BCUT2D eigenvalue weighted by Gasteiger charge is -2.33. The molecule has 0 aromatic carbocycles. The molecule has 0 bridgehead atoms. The predicted octanol–water partition coefficient (Wildman–Crippen LogP) is 4.32. The summed E-state index contributed by atoms with van der Waals surface area (Å²) in [5.41, 5.74) is 1.28. The van der Waals surface area contributed by atoms with E-state index in [1.54, 1.807) is 6.08 Å². The smallest absolute Gasteiger partial charge is 0.186 e. The van der Waals surface area contributed by atoms with Gasteiger partial charge < -0.3 is 0 Å². The van der Waals surface area contributed by atoms with Crippen LogP contribution < -0.4 is 0 Å². The molecular weight excluding hydrogens is 262 g/mol. The van der Waals surface area contributed by atoms with Gasteiger partial charge in [-0.2, -0.15) is 0 Å². The highest BCUT2D eigenvalue weighted by molar-refractivity contribution is 6.06. The van der Waals surface area contributed by atoms with Crippen LogP contribution in [0.3, 0.4) is 0 Å². The number of hydroxylamine groups is 2. The van der Waals surface area contributed by atoms with Crippen molar-refractivity contribution in [1.29, 1.82) is 0 Å². The van der Waals surface area contributed by atoms with E-state index >= 15 is 0 Å². The summed E-state index contributed by atoms with van der Waals surface area (Å²) in [4.78, 5) is 12.0. The molecule has 0 radical (unpaired) electrons. The maximum atomic E-state index is 12.0. The standard InChI is InChI=1S/C18H25NO2/c1-2-3-4-5-6-7-8-11-15-14-18(20)16-12-9-10-13-17(16)19(15)21/h8-12,14,17,21H,2-7,13H2,1H3/b11-8+. The van der Waals surface area contributed by atoms with E-state index in [0.717, 1.165) is 6.42 Å².